The van der Waals surface area contributed by atoms with Gasteiger partial charge in [-0.1, -0.05) is 18.2 Å². The summed E-state index contributed by atoms with van der Waals surface area (Å²) in [5.74, 6) is -0.174. The standard InChI is InChI=1S/C18H14F4N2O2/c19-14-3-1-2-13-15(14)23-10-24-18(13)25-9-8-11-4-6-12(7-5-11)26-17(22)16(20)21/h1-7,10,16-17H,8-9H2. The average molecular weight is 366 g/mol. The molecule has 1 unspecified atom stereocenters. The van der Waals surface area contributed by atoms with Gasteiger partial charge in [-0.15, -0.1) is 0 Å². The molecule has 1 aromatic heterocycles. The zero-order chi connectivity index (χ0) is 18.5. The third-order valence-corrected chi connectivity index (χ3v) is 3.58. The van der Waals surface area contributed by atoms with Gasteiger partial charge >= 0.3 is 6.43 Å². The molecule has 0 N–H and O–H groups in total. The molecular weight excluding hydrogens is 352 g/mol. The highest BCUT2D eigenvalue weighted by molar-refractivity contribution is 5.83. The van der Waals surface area contributed by atoms with Gasteiger partial charge in [0.1, 0.15) is 23.4 Å². The zero-order valence-corrected chi connectivity index (χ0v) is 13.4. The molecule has 136 valence electrons. The normalized spacial score (nSPS) is 12.3. The van der Waals surface area contributed by atoms with Gasteiger partial charge in [0, 0.05) is 6.42 Å². The van der Waals surface area contributed by atoms with Gasteiger partial charge in [-0.05, 0) is 29.8 Å². The monoisotopic (exact) mass is 366 g/mol. The second-order valence-electron chi connectivity index (χ2n) is 5.36. The summed E-state index contributed by atoms with van der Waals surface area (Å²) in [6.07, 6.45) is -4.15. The smallest absolute Gasteiger partial charge is 0.304 e. The molecule has 1 heterocycles. The maximum Gasteiger partial charge on any atom is 0.304 e. The fourth-order valence-electron chi connectivity index (χ4n) is 2.32. The van der Waals surface area contributed by atoms with Crippen LogP contribution in [0.15, 0.2) is 48.8 Å². The fourth-order valence-corrected chi connectivity index (χ4v) is 2.32. The molecule has 0 aliphatic heterocycles. The number of fused-ring (bicyclic) bond motifs is 1. The van der Waals surface area contributed by atoms with E-state index in [2.05, 4.69) is 14.7 Å². The zero-order valence-electron chi connectivity index (χ0n) is 13.4. The van der Waals surface area contributed by atoms with Gasteiger partial charge in [-0.3, -0.25) is 0 Å². The number of rotatable bonds is 7. The molecule has 0 saturated heterocycles. The van der Waals surface area contributed by atoms with E-state index in [1.54, 1.807) is 24.3 Å². The third-order valence-electron chi connectivity index (χ3n) is 3.58. The van der Waals surface area contributed by atoms with E-state index < -0.39 is 18.6 Å². The number of hydrogen-bond acceptors (Lipinski definition) is 4. The van der Waals surface area contributed by atoms with Crippen molar-refractivity contribution in [3.63, 3.8) is 0 Å². The van der Waals surface area contributed by atoms with E-state index in [1.807, 2.05) is 0 Å². The van der Waals surface area contributed by atoms with E-state index in [9.17, 15) is 17.6 Å². The summed E-state index contributed by atoms with van der Waals surface area (Å²) >= 11 is 0. The van der Waals surface area contributed by atoms with Crippen LogP contribution < -0.4 is 9.47 Å². The highest BCUT2D eigenvalue weighted by Crippen LogP contribution is 2.23. The van der Waals surface area contributed by atoms with Crippen molar-refractivity contribution in [3.05, 3.63) is 60.2 Å². The number of hydrogen-bond donors (Lipinski definition) is 0. The van der Waals surface area contributed by atoms with E-state index in [-0.39, 0.29) is 23.8 Å². The van der Waals surface area contributed by atoms with Gasteiger partial charge in [0.25, 0.3) is 6.36 Å². The molecule has 0 spiro atoms. The minimum Gasteiger partial charge on any atom is -0.477 e. The molecule has 3 rings (SSSR count). The summed E-state index contributed by atoms with van der Waals surface area (Å²) in [4.78, 5) is 7.90. The number of alkyl halides is 3. The van der Waals surface area contributed by atoms with Gasteiger partial charge in [-0.2, -0.15) is 4.39 Å². The predicted octanol–water partition coefficient (Wildman–Crippen LogP) is 4.33. The molecule has 0 fully saturated rings. The van der Waals surface area contributed by atoms with E-state index in [4.69, 9.17) is 4.74 Å². The molecule has 0 aliphatic carbocycles. The molecular formula is C18H14F4N2O2. The van der Waals surface area contributed by atoms with E-state index in [1.165, 1.54) is 24.5 Å². The van der Waals surface area contributed by atoms with Crippen LogP contribution >= 0.6 is 0 Å². The van der Waals surface area contributed by atoms with Crippen molar-refractivity contribution < 1.29 is 27.0 Å². The Labute approximate surface area is 146 Å². The summed E-state index contributed by atoms with van der Waals surface area (Å²) in [5, 5.41) is 0.470. The lowest BCUT2D eigenvalue weighted by atomic mass is 10.1. The Morgan fingerprint density at radius 3 is 2.46 bits per heavy atom. The molecule has 3 aromatic rings. The Balaban J connectivity index is 1.59. The molecule has 0 saturated carbocycles. The van der Waals surface area contributed by atoms with Gasteiger partial charge in [0.2, 0.25) is 5.88 Å². The third kappa shape index (κ3) is 4.19. The van der Waals surface area contributed by atoms with E-state index in [0.717, 1.165) is 5.56 Å². The summed E-state index contributed by atoms with van der Waals surface area (Å²) in [7, 11) is 0. The van der Waals surface area contributed by atoms with Crippen LogP contribution in [0.5, 0.6) is 11.6 Å². The minimum atomic E-state index is -3.20. The van der Waals surface area contributed by atoms with E-state index in [0.29, 0.717) is 11.8 Å². The molecule has 0 radical (unpaired) electrons. The van der Waals surface area contributed by atoms with Crippen molar-refractivity contribution in [2.24, 2.45) is 0 Å². The Hall–Kier alpha value is -2.90. The van der Waals surface area contributed by atoms with E-state index >= 15 is 0 Å². The number of aromatic nitrogens is 2. The van der Waals surface area contributed by atoms with Crippen molar-refractivity contribution >= 4 is 10.9 Å². The number of benzene rings is 2. The summed E-state index contributed by atoms with van der Waals surface area (Å²) in [6, 6.07) is 10.6. The maximum atomic E-state index is 13.7. The van der Waals surface area contributed by atoms with Crippen LogP contribution in [0, 0.1) is 5.82 Å². The minimum absolute atomic E-state index is 0.0136. The number of ether oxygens (including phenoxy) is 2. The molecule has 0 bridgehead atoms. The number of nitrogens with zero attached hydrogens (tertiary/aromatic N) is 2. The number of para-hydroxylation sites is 1. The molecule has 8 heteroatoms. The Kier molecular flexibility index (Phi) is 5.50. The molecule has 1 atom stereocenters. The molecule has 0 amide bonds. The predicted molar refractivity (Wildman–Crippen MR) is 86.7 cm³/mol. The highest BCUT2D eigenvalue weighted by atomic mass is 19.3. The van der Waals surface area contributed by atoms with Crippen molar-refractivity contribution in [1.82, 2.24) is 9.97 Å². The Bertz CT molecular complexity index is 875. The summed E-state index contributed by atoms with van der Waals surface area (Å²) < 4.78 is 60.8. The highest BCUT2D eigenvalue weighted by Gasteiger charge is 2.20. The number of halogens is 4. The molecule has 2 aromatic carbocycles. The first-order valence-electron chi connectivity index (χ1n) is 7.74. The van der Waals surface area contributed by atoms with Gasteiger partial charge < -0.3 is 9.47 Å². The largest absolute Gasteiger partial charge is 0.477 e. The summed E-state index contributed by atoms with van der Waals surface area (Å²) in [6.45, 7) is 0.256. The fraction of sp³-hybridized carbons (Fsp3) is 0.222. The average Bonchev–Trinajstić information content (AvgIpc) is 2.64. The van der Waals surface area contributed by atoms with Crippen molar-refractivity contribution in [2.45, 2.75) is 19.2 Å². The molecule has 4 nitrogen and oxygen atoms in total. The second-order valence-corrected chi connectivity index (χ2v) is 5.36. The molecule has 26 heavy (non-hydrogen) atoms. The van der Waals surface area contributed by atoms with Crippen LogP contribution in [0.25, 0.3) is 10.9 Å². The topological polar surface area (TPSA) is 44.2 Å². The van der Waals surface area contributed by atoms with Crippen molar-refractivity contribution in [1.29, 1.82) is 0 Å². The van der Waals surface area contributed by atoms with Crippen LogP contribution in [0.3, 0.4) is 0 Å². The summed E-state index contributed by atoms with van der Waals surface area (Å²) in [5.41, 5.74) is 1.01. The molecule has 0 aliphatic rings. The van der Waals surface area contributed by atoms with Crippen LogP contribution in [0.1, 0.15) is 5.56 Å². The van der Waals surface area contributed by atoms with Gasteiger partial charge in [0.05, 0.1) is 12.0 Å². The quantitative estimate of drug-likeness (QED) is 0.584. The Morgan fingerprint density at radius 2 is 1.73 bits per heavy atom. The lowest BCUT2D eigenvalue weighted by Gasteiger charge is -2.11. The first-order valence-corrected chi connectivity index (χ1v) is 7.74. The van der Waals surface area contributed by atoms with Gasteiger partial charge in [-0.25, -0.2) is 23.1 Å². The van der Waals surface area contributed by atoms with Crippen molar-refractivity contribution in [2.75, 3.05) is 6.61 Å². The van der Waals surface area contributed by atoms with Gasteiger partial charge in [0.15, 0.2) is 0 Å². The van der Waals surface area contributed by atoms with Crippen molar-refractivity contribution in [3.8, 4) is 11.6 Å². The van der Waals surface area contributed by atoms with Crippen LogP contribution in [-0.2, 0) is 6.42 Å². The van der Waals surface area contributed by atoms with Crippen LogP contribution in [0.2, 0.25) is 0 Å². The Morgan fingerprint density at radius 1 is 0.962 bits per heavy atom. The second kappa shape index (κ2) is 7.99. The lowest BCUT2D eigenvalue weighted by molar-refractivity contribution is -0.0669. The first kappa shape index (κ1) is 17.9. The lowest BCUT2D eigenvalue weighted by Crippen LogP contribution is -2.19. The van der Waals surface area contributed by atoms with Crippen LogP contribution in [-0.4, -0.2) is 29.4 Å². The first-order chi connectivity index (χ1) is 12.5. The van der Waals surface area contributed by atoms with Crippen LogP contribution in [0.4, 0.5) is 17.6 Å². The SMILES string of the molecule is Fc1cccc2c(OCCc3ccc(OC(F)C(F)F)cc3)ncnc12. The maximum absolute atomic E-state index is 13.7.